The van der Waals surface area contributed by atoms with Crippen molar-refractivity contribution in [2.75, 3.05) is 18.5 Å². The lowest BCUT2D eigenvalue weighted by atomic mass is 10.2. The van der Waals surface area contributed by atoms with E-state index in [9.17, 15) is 0 Å². The third-order valence-electron chi connectivity index (χ3n) is 1.83. The Morgan fingerprint density at radius 2 is 2.00 bits per heavy atom. The van der Waals surface area contributed by atoms with E-state index in [-0.39, 0.29) is 6.61 Å². The van der Waals surface area contributed by atoms with E-state index >= 15 is 0 Å². The van der Waals surface area contributed by atoms with Gasteiger partial charge < -0.3 is 10.4 Å². The molecule has 0 bridgehead atoms. The summed E-state index contributed by atoms with van der Waals surface area (Å²) >= 11 is 6.85. The number of halogens is 1. The van der Waals surface area contributed by atoms with E-state index in [4.69, 9.17) is 16.7 Å². The fourth-order valence-electron chi connectivity index (χ4n) is 1.08. The molecule has 1 aromatic heterocycles. The van der Waals surface area contributed by atoms with Crippen molar-refractivity contribution in [3.8, 4) is 0 Å². The summed E-state index contributed by atoms with van der Waals surface area (Å²) in [4.78, 5) is 0. The first-order valence-corrected chi connectivity index (χ1v) is 5.78. The second-order valence-electron chi connectivity index (χ2n) is 2.97. The molecule has 0 amide bonds. The average Bonchev–Trinajstić information content (AvgIpc) is 2.58. The van der Waals surface area contributed by atoms with Crippen molar-refractivity contribution in [2.24, 2.45) is 0 Å². The van der Waals surface area contributed by atoms with Gasteiger partial charge >= 0.3 is 0 Å². The van der Waals surface area contributed by atoms with Gasteiger partial charge in [-0.05, 0) is 12.8 Å². The number of aliphatic hydroxyl groups is 1. The van der Waals surface area contributed by atoms with Gasteiger partial charge in [-0.15, -0.1) is 0 Å². The predicted octanol–water partition coefficient (Wildman–Crippen LogP) is 2.16. The summed E-state index contributed by atoms with van der Waals surface area (Å²) in [5.41, 5.74) is 0. The number of aromatic nitrogens is 2. The van der Waals surface area contributed by atoms with Crippen LogP contribution in [-0.4, -0.2) is 27.0 Å². The summed E-state index contributed by atoms with van der Waals surface area (Å²) in [6.07, 6.45) is 4.14. The van der Waals surface area contributed by atoms with E-state index in [0.29, 0.717) is 11.0 Å². The van der Waals surface area contributed by atoms with Gasteiger partial charge in [-0.3, -0.25) is 0 Å². The predicted molar refractivity (Wildman–Crippen MR) is 59.0 cm³/mol. The van der Waals surface area contributed by atoms with E-state index in [2.05, 4.69) is 14.1 Å². The number of aliphatic hydroxyl groups excluding tert-OH is 1. The lowest BCUT2D eigenvalue weighted by Crippen LogP contribution is -2.02. The van der Waals surface area contributed by atoms with Crippen molar-refractivity contribution in [2.45, 2.75) is 25.7 Å². The van der Waals surface area contributed by atoms with E-state index in [1.165, 1.54) is 0 Å². The summed E-state index contributed by atoms with van der Waals surface area (Å²) in [6, 6.07) is 0. The molecular formula is C8H14ClN3OS. The Hall–Kier alpha value is -0.390. The number of rotatable bonds is 7. The zero-order valence-electron chi connectivity index (χ0n) is 7.87. The molecule has 0 atom stereocenters. The molecule has 80 valence electrons. The maximum absolute atomic E-state index is 8.56. The summed E-state index contributed by atoms with van der Waals surface area (Å²) in [7, 11) is 0. The number of nitrogens with zero attached hydrogens (tertiary/aromatic N) is 2. The summed E-state index contributed by atoms with van der Waals surface area (Å²) < 4.78 is 7.84. The maximum Gasteiger partial charge on any atom is 0.186 e. The first kappa shape index (κ1) is 11.7. The molecule has 14 heavy (non-hydrogen) atoms. The third-order valence-corrected chi connectivity index (χ3v) is 2.72. The Bertz CT molecular complexity index is 256. The van der Waals surface area contributed by atoms with Crippen LogP contribution < -0.4 is 5.32 Å². The molecule has 1 aromatic rings. The van der Waals surface area contributed by atoms with E-state index in [0.717, 1.165) is 44.0 Å². The van der Waals surface area contributed by atoms with Crippen LogP contribution in [0, 0.1) is 0 Å². The number of hydrogen-bond donors (Lipinski definition) is 2. The molecule has 1 rings (SSSR count). The van der Waals surface area contributed by atoms with Crippen LogP contribution >= 0.6 is 23.3 Å². The second kappa shape index (κ2) is 6.98. The van der Waals surface area contributed by atoms with E-state index in [1.807, 2.05) is 0 Å². The van der Waals surface area contributed by atoms with Crippen LogP contribution in [0.3, 0.4) is 0 Å². The van der Waals surface area contributed by atoms with Crippen molar-refractivity contribution < 1.29 is 5.11 Å². The Kier molecular flexibility index (Phi) is 5.82. The minimum atomic E-state index is 0.287. The fraction of sp³-hybridized carbons (Fsp3) is 0.750. The SMILES string of the molecule is OCCCCCCNc1nsnc1Cl. The molecule has 0 saturated carbocycles. The molecule has 0 fully saturated rings. The zero-order valence-corrected chi connectivity index (χ0v) is 9.44. The Morgan fingerprint density at radius 1 is 1.21 bits per heavy atom. The van der Waals surface area contributed by atoms with Gasteiger partial charge in [0.15, 0.2) is 11.0 Å². The molecule has 2 N–H and O–H groups in total. The van der Waals surface area contributed by atoms with Crippen molar-refractivity contribution in [3.63, 3.8) is 0 Å². The number of hydrogen-bond acceptors (Lipinski definition) is 5. The van der Waals surface area contributed by atoms with Gasteiger partial charge in [-0.2, -0.15) is 8.75 Å². The molecule has 0 aliphatic heterocycles. The van der Waals surface area contributed by atoms with Crippen molar-refractivity contribution in [1.82, 2.24) is 8.75 Å². The minimum Gasteiger partial charge on any atom is -0.396 e. The molecule has 0 aromatic carbocycles. The van der Waals surface area contributed by atoms with Crippen molar-refractivity contribution >= 4 is 29.1 Å². The lowest BCUT2D eigenvalue weighted by Gasteiger charge is -2.02. The van der Waals surface area contributed by atoms with Crippen LogP contribution in [0.15, 0.2) is 0 Å². The molecule has 0 unspecified atom stereocenters. The van der Waals surface area contributed by atoms with E-state index < -0.39 is 0 Å². The van der Waals surface area contributed by atoms with Crippen LogP contribution in [0.25, 0.3) is 0 Å². The standard InChI is InChI=1S/C8H14ClN3OS/c9-7-8(12-14-11-7)10-5-3-1-2-4-6-13/h13H,1-6H2,(H,10,12). The number of unbranched alkanes of at least 4 members (excludes halogenated alkanes) is 3. The average molecular weight is 236 g/mol. The van der Waals surface area contributed by atoms with Gasteiger partial charge in [-0.1, -0.05) is 24.4 Å². The highest BCUT2D eigenvalue weighted by Crippen LogP contribution is 2.17. The van der Waals surface area contributed by atoms with Crippen LogP contribution in [-0.2, 0) is 0 Å². The Balaban J connectivity index is 2.02. The Labute approximate surface area is 92.6 Å². The minimum absolute atomic E-state index is 0.287. The molecule has 0 aliphatic carbocycles. The molecule has 1 heterocycles. The molecule has 0 saturated heterocycles. The highest BCUT2D eigenvalue weighted by atomic mass is 35.5. The highest BCUT2D eigenvalue weighted by molar-refractivity contribution is 6.99. The van der Waals surface area contributed by atoms with E-state index in [1.54, 1.807) is 0 Å². The monoisotopic (exact) mass is 235 g/mol. The molecule has 4 nitrogen and oxygen atoms in total. The summed E-state index contributed by atoms with van der Waals surface area (Å²) in [5, 5.41) is 12.1. The van der Waals surface area contributed by atoms with Crippen molar-refractivity contribution in [1.29, 1.82) is 0 Å². The molecule has 0 aliphatic rings. The normalized spacial score (nSPS) is 10.4. The van der Waals surface area contributed by atoms with Crippen LogP contribution in [0.4, 0.5) is 5.82 Å². The van der Waals surface area contributed by atoms with Gasteiger partial charge in [0.2, 0.25) is 0 Å². The molecule has 0 radical (unpaired) electrons. The van der Waals surface area contributed by atoms with Crippen LogP contribution in [0.2, 0.25) is 5.15 Å². The number of nitrogens with one attached hydrogen (secondary N) is 1. The summed E-state index contributed by atoms with van der Waals surface area (Å²) in [6.45, 7) is 1.14. The fourth-order valence-corrected chi connectivity index (χ4v) is 1.76. The highest BCUT2D eigenvalue weighted by Gasteiger charge is 2.02. The topological polar surface area (TPSA) is 58.0 Å². The zero-order chi connectivity index (χ0) is 10.2. The molecule has 6 heteroatoms. The summed E-state index contributed by atoms with van der Waals surface area (Å²) in [5.74, 6) is 0.679. The smallest absolute Gasteiger partial charge is 0.186 e. The number of anilines is 1. The maximum atomic E-state index is 8.56. The van der Waals surface area contributed by atoms with Crippen LogP contribution in [0.5, 0.6) is 0 Å². The Morgan fingerprint density at radius 3 is 2.64 bits per heavy atom. The first-order chi connectivity index (χ1) is 6.84. The van der Waals surface area contributed by atoms with Gasteiger partial charge in [0.05, 0.1) is 11.7 Å². The van der Waals surface area contributed by atoms with Crippen molar-refractivity contribution in [3.05, 3.63) is 5.15 Å². The third kappa shape index (κ3) is 4.21. The van der Waals surface area contributed by atoms with Gasteiger partial charge in [0, 0.05) is 13.2 Å². The largest absolute Gasteiger partial charge is 0.396 e. The molecular weight excluding hydrogens is 222 g/mol. The molecule has 0 spiro atoms. The van der Waals surface area contributed by atoms with Gasteiger partial charge in [0.1, 0.15) is 0 Å². The lowest BCUT2D eigenvalue weighted by molar-refractivity contribution is 0.283. The van der Waals surface area contributed by atoms with Gasteiger partial charge in [-0.25, -0.2) is 0 Å². The quantitative estimate of drug-likeness (QED) is 0.711. The van der Waals surface area contributed by atoms with Gasteiger partial charge in [0.25, 0.3) is 0 Å². The first-order valence-electron chi connectivity index (χ1n) is 4.67. The van der Waals surface area contributed by atoms with Crippen LogP contribution in [0.1, 0.15) is 25.7 Å². The second-order valence-corrected chi connectivity index (χ2v) is 3.85.